The molecule has 4 nitrogen and oxygen atoms in total. The van der Waals surface area contributed by atoms with Crippen LogP contribution in [0.2, 0.25) is 0 Å². The molecule has 0 unspecified atom stereocenters. The third-order valence-corrected chi connectivity index (χ3v) is 5.20. The van der Waals surface area contributed by atoms with E-state index < -0.39 is 5.60 Å². The van der Waals surface area contributed by atoms with Crippen LogP contribution in [-0.2, 0) is 13.0 Å². The summed E-state index contributed by atoms with van der Waals surface area (Å²) < 4.78 is 0. The minimum atomic E-state index is -0.770. The minimum Gasteiger partial charge on any atom is -0.392 e. The van der Waals surface area contributed by atoms with Gasteiger partial charge in [0, 0.05) is 24.6 Å². The molecule has 25 heavy (non-hydrogen) atoms. The van der Waals surface area contributed by atoms with Gasteiger partial charge in [0.2, 0.25) is 0 Å². The Morgan fingerprint density at radius 2 is 1.80 bits per heavy atom. The lowest BCUT2D eigenvalue weighted by Gasteiger charge is -2.43. The van der Waals surface area contributed by atoms with Gasteiger partial charge in [-0.05, 0) is 43.0 Å². The van der Waals surface area contributed by atoms with Crippen molar-refractivity contribution in [1.82, 2.24) is 4.90 Å². The summed E-state index contributed by atoms with van der Waals surface area (Å²) in [4.78, 5) is 14.6. The van der Waals surface area contributed by atoms with Gasteiger partial charge in [-0.3, -0.25) is 4.79 Å². The molecule has 1 saturated heterocycles. The predicted octanol–water partition coefficient (Wildman–Crippen LogP) is 2.63. The molecule has 0 aliphatic carbocycles. The summed E-state index contributed by atoms with van der Waals surface area (Å²) in [6, 6.07) is 17.2. The number of nitrogens with zero attached hydrogens (tertiary/aromatic N) is 1. The van der Waals surface area contributed by atoms with Gasteiger partial charge in [-0.15, -0.1) is 0 Å². The molecule has 1 amide bonds. The Bertz CT molecular complexity index is 710. The average molecular weight is 339 g/mol. The number of aliphatic hydroxyl groups excluding tert-OH is 1. The van der Waals surface area contributed by atoms with Crippen molar-refractivity contribution in [3.05, 3.63) is 71.3 Å². The van der Waals surface area contributed by atoms with Crippen LogP contribution in [0.25, 0.3) is 0 Å². The predicted molar refractivity (Wildman–Crippen MR) is 97.1 cm³/mol. The molecule has 3 rings (SSSR count). The third kappa shape index (κ3) is 4.09. The fraction of sp³-hybridized carbons (Fsp3) is 0.381. The van der Waals surface area contributed by atoms with Crippen molar-refractivity contribution < 1.29 is 15.0 Å². The number of carbonyl (C=O) groups excluding carboxylic acids is 1. The van der Waals surface area contributed by atoms with Crippen molar-refractivity contribution >= 4 is 5.91 Å². The van der Waals surface area contributed by atoms with E-state index in [0.29, 0.717) is 25.1 Å². The van der Waals surface area contributed by atoms with E-state index in [1.807, 2.05) is 30.0 Å². The van der Waals surface area contributed by atoms with Gasteiger partial charge in [0.25, 0.3) is 5.91 Å². The van der Waals surface area contributed by atoms with Crippen LogP contribution in [0, 0.1) is 5.92 Å². The van der Waals surface area contributed by atoms with Crippen LogP contribution in [0.4, 0.5) is 0 Å². The van der Waals surface area contributed by atoms with Gasteiger partial charge in [-0.2, -0.15) is 0 Å². The molecule has 2 aromatic carbocycles. The number of amides is 1. The second kappa shape index (κ2) is 7.38. The van der Waals surface area contributed by atoms with E-state index in [0.717, 1.165) is 12.0 Å². The number of rotatable bonds is 4. The molecule has 132 valence electrons. The molecular weight excluding hydrogens is 314 g/mol. The Balaban J connectivity index is 1.73. The van der Waals surface area contributed by atoms with E-state index in [1.165, 1.54) is 5.56 Å². The highest BCUT2D eigenvalue weighted by molar-refractivity contribution is 5.94. The Hall–Kier alpha value is -2.17. The molecule has 1 aliphatic rings. The number of carbonyl (C=O) groups is 1. The van der Waals surface area contributed by atoms with Crippen LogP contribution < -0.4 is 0 Å². The zero-order chi connectivity index (χ0) is 17.9. The standard InChI is InChI=1S/C21H25NO3/c1-21(25)11-12-22(14-19(21)13-16-5-3-2-4-6-16)20(24)18-9-7-17(15-23)8-10-18/h2-10,19,23,25H,11-15H2,1H3/t19-,21+/m0/s1. The molecule has 1 fully saturated rings. The van der Waals surface area contributed by atoms with Crippen molar-refractivity contribution in [2.24, 2.45) is 5.92 Å². The highest BCUT2D eigenvalue weighted by Crippen LogP contribution is 2.31. The molecule has 0 radical (unpaired) electrons. The van der Waals surface area contributed by atoms with E-state index in [2.05, 4.69) is 12.1 Å². The molecule has 2 N–H and O–H groups in total. The zero-order valence-corrected chi connectivity index (χ0v) is 14.6. The largest absolute Gasteiger partial charge is 0.392 e. The summed E-state index contributed by atoms with van der Waals surface area (Å²) in [5.41, 5.74) is 1.82. The van der Waals surface area contributed by atoms with E-state index in [-0.39, 0.29) is 18.4 Å². The third-order valence-electron chi connectivity index (χ3n) is 5.20. The summed E-state index contributed by atoms with van der Waals surface area (Å²) >= 11 is 0. The maximum Gasteiger partial charge on any atom is 0.253 e. The Labute approximate surface area is 148 Å². The Morgan fingerprint density at radius 1 is 1.12 bits per heavy atom. The van der Waals surface area contributed by atoms with Gasteiger partial charge in [-0.1, -0.05) is 42.5 Å². The molecule has 0 bridgehead atoms. The smallest absolute Gasteiger partial charge is 0.253 e. The number of hydrogen-bond acceptors (Lipinski definition) is 3. The second-order valence-electron chi connectivity index (χ2n) is 7.10. The molecule has 1 aliphatic heterocycles. The number of aliphatic hydroxyl groups is 2. The summed E-state index contributed by atoms with van der Waals surface area (Å²) in [5.74, 6) is -0.0117. The average Bonchev–Trinajstić information content (AvgIpc) is 2.64. The van der Waals surface area contributed by atoms with Crippen LogP contribution in [0.3, 0.4) is 0 Å². The van der Waals surface area contributed by atoms with Gasteiger partial charge >= 0.3 is 0 Å². The molecule has 1 heterocycles. The van der Waals surface area contributed by atoms with Crippen LogP contribution in [0.15, 0.2) is 54.6 Å². The number of likely N-dealkylation sites (tertiary alicyclic amines) is 1. The second-order valence-corrected chi connectivity index (χ2v) is 7.10. The van der Waals surface area contributed by atoms with Crippen LogP contribution in [-0.4, -0.2) is 39.7 Å². The minimum absolute atomic E-state index is 0.00400. The zero-order valence-electron chi connectivity index (χ0n) is 14.6. The van der Waals surface area contributed by atoms with Gasteiger partial charge in [-0.25, -0.2) is 0 Å². The van der Waals surface area contributed by atoms with Gasteiger partial charge in [0.15, 0.2) is 0 Å². The first-order chi connectivity index (χ1) is 12.0. The number of hydrogen-bond donors (Lipinski definition) is 2. The monoisotopic (exact) mass is 339 g/mol. The molecule has 2 atom stereocenters. The lowest BCUT2D eigenvalue weighted by atomic mass is 9.78. The number of benzene rings is 2. The van der Waals surface area contributed by atoms with Crippen LogP contribution in [0.5, 0.6) is 0 Å². The highest BCUT2D eigenvalue weighted by atomic mass is 16.3. The molecule has 0 aromatic heterocycles. The SMILES string of the molecule is C[C@@]1(O)CCN(C(=O)c2ccc(CO)cc2)C[C@@H]1Cc1ccccc1. The van der Waals surface area contributed by atoms with E-state index in [9.17, 15) is 9.90 Å². The summed E-state index contributed by atoms with van der Waals surface area (Å²) in [6.07, 6.45) is 1.33. The first-order valence-electron chi connectivity index (χ1n) is 8.75. The molecule has 0 spiro atoms. The van der Waals surface area contributed by atoms with E-state index in [4.69, 9.17) is 5.11 Å². The highest BCUT2D eigenvalue weighted by Gasteiger charge is 2.39. The summed E-state index contributed by atoms with van der Waals surface area (Å²) in [5, 5.41) is 19.9. The summed E-state index contributed by atoms with van der Waals surface area (Å²) in [7, 11) is 0. The molecular formula is C21H25NO3. The lowest BCUT2D eigenvalue weighted by molar-refractivity contribution is -0.0507. The normalized spacial score (nSPS) is 23.5. The molecule has 0 saturated carbocycles. The molecule has 2 aromatic rings. The van der Waals surface area contributed by atoms with E-state index in [1.54, 1.807) is 24.3 Å². The van der Waals surface area contributed by atoms with Crippen molar-refractivity contribution in [1.29, 1.82) is 0 Å². The van der Waals surface area contributed by atoms with Crippen molar-refractivity contribution in [3.63, 3.8) is 0 Å². The number of piperidine rings is 1. The summed E-state index contributed by atoms with van der Waals surface area (Å²) in [6.45, 7) is 2.94. The van der Waals surface area contributed by atoms with Gasteiger partial charge < -0.3 is 15.1 Å². The van der Waals surface area contributed by atoms with Gasteiger partial charge in [0.05, 0.1) is 12.2 Å². The first-order valence-corrected chi connectivity index (χ1v) is 8.75. The van der Waals surface area contributed by atoms with Gasteiger partial charge in [0.1, 0.15) is 0 Å². The van der Waals surface area contributed by atoms with Crippen molar-refractivity contribution in [2.75, 3.05) is 13.1 Å². The fourth-order valence-corrected chi connectivity index (χ4v) is 3.42. The quantitative estimate of drug-likeness (QED) is 0.900. The van der Waals surface area contributed by atoms with E-state index >= 15 is 0 Å². The maximum absolute atomic E-state index is 12.8. The Kier molecular flexibility index (Phi) is 5.21. The topological polar surface area (TPSA) is 60.8 Å². The van der Waals surface area contributed by atoms with Crippen molar-refractivity contribution in [3.8, 4) is 0 Å². The lowest BCUT2D eigenvalue weighted by Crippen LogP contribution is -2.52. The molecule has 4 heteroatoms. The fourth-order valence-electron chi connectivity index (χ4n) is 3.42. The van der Waals surface area contributed by atoms with Crippen molar-refractivity contribution in [2.45, 2.75) is 32.0 Å². The van der Waals surface area contributed by atoms with Crippen LogP contribution >= 0.6 is 0 Å². The van der Waals surface area contributed by atoms with Crippen LogP contribution in [0.1, 0.15) is 34.8 Å². The first kappa shape index (κ1) is 17.6. The maximum atomic E-state index is 12.8. The Morgan fingerprint density at radius 3 is 2.44 bits per heavy atom.